The minimum absolute atomic E-state index is 0.823. The van der Waals surface area contributed by atoms with E-state index in [9.17, 15) is 0 Å². The van der Waals surface area contributed by atoms with E-state index in [1.807, 2.05) is 0 Å². The van der Waals surface area contributed by atoms with Gasteiger partial charge in [-0.05, 0) is 122 Å². The first-order chi connectivity index (χ1) is 33.2. The van der Waals surface area contributed by atoms with Gasteiger partial charge in [-0.1, -0.05) is 194 Å². The summed E-state index contributed by atoms with van der Waals surface area (Å²) in [6.07, 6.45) is 0. The molecule has 67 heavy (non-hydrogen) atoms. The molecule has 0 amide bonds. The molecular weight excluding hydrogens is 813 g/mol. The third-order valence-electron chi connectivity index (χ3n) is 12.8. The quantitative estimate of drug-likeness (QED) is 0.136. The summed E-state index contributed by atoms with van der Waals surface area (Å²) < 4.78 is 7.06. The van der Waals surface area contributed by atoms with E-state index in [-0.39, 0.29) is 0 Å². The summed E-state index contributed by atoms with van der Waals surface area (Å²) in [7, 11) is 0. The van der Waals surface area contributed by atoms with E-state index in [4.69, 9.17) is 4.74 Å². The maximum Gasteiger partial charge on any atom is 0.138 e. The standard InChI is InChI=1S/C64H44N2O/c1-5-15-45(16-6-1)47-27-31-49(32-28-47)51-35-39-56(40-36-51)65(57-41-37-52(38-42-57)50-33-29-48(30-34-50)46-17-7-2-8-18-46)58-43-53-19-13-24-59-63(53)62(44-58)67-61-26-14-25-60(64(59)61)66(54-20-9-3-10-21-54)55-22-11-4-12-23-55/h1-44H. The summed E-state index contributed by atoms with van der Waals surface area (Å²) in [4.78, 5) is 4.67. The molecule has 3 heteroatoms. The van der Waals surface area contributed by atoms with Crippen molar-refractivity contribution in [2.75, 3.05) is 9.80 Å². The molecule has 0 aromatic heterocycles. The van der Waals surface area contributed by atoms with Crippen molar-refractivity contribution in [3.8, 4) is 67.1 Å². The third-order valence-corrected chi connectivity index (χ3v) is 12.8. The van der Waals surface area contributed by atoms with Gasteiger partial charge in [0.1, 0.15) is 11.5 Å². The monoisotopic (exact) mass is 856 g/mol. The number of ether oxygens (including phenoxy) is 1. The number of nitrogens with zero attached hydrogens (tertiary/aromatic N) is 2. The molecule has 1 heterocycles. The summed E-state index contributed by atoms with van der Waals surface area (Å²) in [5, 5.41) is 2.20. The number of hydrogen-bond acceptors (Lipinski definition) is 3. The van der Waals surface area contributed by atoms with Crippen LogP contribution in [0.1, 0.15) is 0 Å². The molecule has 12 rings (SSSR count). The van der Waals surface area contributed by atoms with Gasteiger partial charge in [-0.25, -0.2) is 0 Å². The summed E-state index contributed by atoms with van der Waals surface area (Å²) in [5.74, 6) is 1.65. The van der Waals surface area contributed by atoms with Crippen LogP contribution >= 0.6 is 0 Å². The predicted molar refractivity (Wildman–Crippen MR) is 281 cm³/mol. The fourth-order valence-corrected chi connectivity index (χ4v) is 9.58. The molecule has 316 valence electrons. The number of rotatable bonds is 10. The highest BCUT2D eigenvalue weighted by Gasteiger charge is 2.28. The van der Waals surface area contributed by atoms with Crippen LogP contribution < -0.4 is 14.5 Å². The van der Waals surface area contributed by atoms with Crippen LogP contribution in [0.15, 0.2) is 267 Å². The molecule has 0 atom stereocenters. The van der Waals surface area contributed by atoms with Gasteiger partial charge in [-0.3, -0.25) is 0 Å². The predicted octanol–water partition coefficient (Wildman–Crippen LogP) is 18.2. The van der Waals surface area contributed by atoms with Crippen LogP contribution in [0.5, 0.6) is 11.5 Å². The Morgan fingerprint density at radius 2 is 0.642 bits per heavy atom. The van der Waals surface area contributed by atoms with Crippen LogP contribution in [0, 0.1) is 0 Å². The molecule has 0 spiro atoms. The van der Waals surface area contributed by atoms with Gasteiger partial charge in [0.05, 0.1) is 11.4 Å². The molecule has 0 saturated carbocycles. The minimum atomic E-state index is 0.823. The zero-order valence-corrected chi connectivity index (χ0v) is 36.7. The Balaban J connectivity index is 0.949. The summed E-state index contributed by atoms with van der Waals surface area (Å²) >= 11 is 0. The van der Waals surface area contributed by atoms with Crippen molar-refractivity contribution in [1.82, 2.24) is 0 Å². The second-order valence-corrected chi connectivity index (χ2v) is 16.9. The Labute approximate surface area is 391 Å². The lowest BCUT2D eigenvalue weighted by atomic mass is 9.92. The Morgan fingerprint density at radius 1 is 0.254 bits per heavy atom. The van der Waals surface area contributed by atoms with Crippen LogP contribution in [0.25, 0.3) is 66.4 Å². The van der Waals surface area contributed by atoms with Gasteiger partial charge in [-0.15, -0.1) is 0 Å². The maximum absolute atomic E-state index is 7.06. The maximum atomic E-state index is 7.06. The number of anilines is 6. The molecular formula is C64H44N2O. The van der Waals surface area contributed by atoms with E-state index >= 15 is 0 Å². The van der Waals surface area contributed by atoms with E-state index in [1.54, 1.807) is 0 Å². The van der Waals surface area contributed by atoms with E-state index in [1.165, 1.54) is 33.4 Å². The Morgan fingerprint density at radius 3 is 1.10 bits per heavy atom. The molecule has 1 aliphatic rings. The van der Waals surface area contributed by atoms with Gasteiger partial charge in [0, 0.05) is 39.8 Å². The van der Waals surface area contributed by atoms with Crippen molar-refractivity contribution in [3.05, 3.63) is 267 Å². The number of para-hydroxylation sites is 2. The molecule has 0 N–H and O–H groups in total. The van der Waals surface area contributed by atoms with E-state index in [2.05, 4.69) is 277 Å². The van der Waals surface area contributed by atoms with Crippen molar-refractivity contribution in [1.29, 1.82) is 0 Å². The topological polar surface area (TPSA) is 15.7 Å². The Hall–Kier alpha value is -8.92. The highest BCUT2D eigenvalue weighted by atomic mass is 16.5. The average Bonchev–Trinajstić information content (AvgIpc) is 3.40. The van der Waals surface area contributed by atoms with Crippen LogP contribution in [0.3, 0.4) is 0 Å². The van der Waals surface area contributed by atoms with Crippen LogP contribution in [0.4, 0.5) is 34.1 Å². The largest absolute Gasteiger partial charge is 0.456 e. The SMILES string of the molecule is c1ccc(-c2ccc(-c3ccc(N(c4ccc(-c5ccc(-c6ccccc6)cc5)cc4)c4cc5c6c(cccc6c4)-c4c(cccc4N(c4ccccc4)c4ccccc4)O5)cc3)cc2)cc1. The highest BCUT2D eigenvalue weighted by molar-refractivity contribution is 6.09. The fraction of sp³-hybridized carbons (Fsp3) is 0. The van der Waals surface area contributed by atoms with Gasteiger partial charge in [0.25, 0.3) is 0 Å². The average molecular weight is 857 g/mol. The second kappa shape index (κ2) is 17.2. The molecule has 0 saturated heterocycles. The lowest BCUT2D eigenvalue weighted by molar-refractivity contribution is 0.487. The minimum Gasteiger partial charge on any atom is -0.456 e. The lowest BCUT2D eigenvalue weighted by Gasteiger charge is -2.32. The van der Waals surface area contributed by atoms with Gasteiger partial charge in [-0.2, -0.15) is 0 Å². The van der Waals surface area contributed by atoms with Crippen molar-refractivity contribution in [2.24, 2.45) is 0 Å². The third kappa shape index (κ3) is 7.59. The molecule has 11 aromatic rings. The summed E-state index contributed by atoms with van der Waals surface area (Å²) in [6, 6.07) is 95.2. The molecule has 0 fully saturated rings. The zero-order chi connectivity index (χ0) is 44.5. The molecule has 0 aliphatic carbocycles. The molecule has 0 bridgehead atoms. The Bertz CT molecular complexity index is 3320. The van der Waals surface area contributed by atoms with Gasteiger partial charge < -0.3 is 14.5 Å². The normalized spacial score (nSPS) is 11.4. The van der Waals surface area contributed by atoms with Crippen molar-refractivity contribution >= 4 is 44.9 Å². The smallest absolute Gasteiger partial charge is 0.138 e. The Kier molecular flexibility index (Phi) is 10.2. The molecule has 3 nitrogen and oxygen atoms in total. The van der Waals surface area contributed by atoms with Gasteiger partial charge in [0.15, 0.2) is 0 Å². The van der Waals surface area contributed by atoms with Crippen LogP contribution in [-0.2, 0) is 0 Å². The number of hydrogen-bond donors (Lipinski definition) is 0. The van der Waals surface area contributed by atoms with Crippen molar-refractivity contribution < 1.29 is 4.74 Å². The van der Waals surface area contributed by atoms with Crippen LogP contribution in [0.2, 0.25) is 0 Å². The van der Waals surface area contributed by atoms with Crippen molar-refractivity contribution in [3.63, 3.8) is 0 Å². The van der Waals surface area contributed by atoms with E-state index in [0.29, 0.717) is 0 Å². The second-order valence-electron chi connectivity index (χ2n) is 16.9. The summed E-state index contributed by atoms with van der Waals surface area (Å²) in [6.45, 7) is 0. The summed E-state index contributed by atoms with van der Waals surface area (Å²) in [5.41, 5.74) is 18.0. The van der Waals surface area contributed by atoms with Gasteiger partial charge >= 0.3 is 0 Å². The fourth-order valence-electron chi connectivity index (χ4n) is 9.58. The molecule has 0 unspecified atom stereocenters. The van der Waals surface area contributed by atoms with E-state index in [0.717, 1.165) is 78.6 Å². The lowest BCUT2D eigenvalue weighted by Crippen LogP contribution is -2.13. The molecule has 11 aromatic carbocycles. The highest BCUT2D eigenvalue weighted by Crippen LogP contribution is 2.54. The zero-order valence-electron chi connectivity index (χ0n) is 36.7. The first-order valence-electron chi connectivity index (χ1n) is 22.8. The molecule has 0 radical (unpaired) electrons. The number of benzene rings is 11. The first kappa shape index (κ1) is 39.7. The van der Waals surface area contributed by atoms with Crippen molar-refractivity contribution in [2.45, 2.75) is 0 Å². The first-order valence-corrected chi connectivity index (χ1v) is 22.8. The van der Waals surface area contributed by atoms with Crippen LogP contribution in [-0.4, -0.2) is 0 Å². The van der Waals surface area contributed by atoms with Gasteiger partial charge in [0.2, 0.25) is 0 Å². The molecule has 1 aliphatic heterocycles. The number of fused-ring (bicyclic) bond motifs is 2. The van der Waals surface area contributed by atoms with E-state index < -0.39 is 0 Å².